The van der Waals surface area contributed by atoms with Crippen LogP contribution in [-0.2, 0) is 4.79 Å². The summed E-state index contributed by atoms with van der Waals surface area (Å²) < 4.78 is 6.80. The SMILES string of the molecule is N=Cc1ccc(C(=O)N/C(=C\c2ccc(Oc3ccccc3I)cc2)C(=O)O)cc1. The van der Waals surface area contributed by atoms with Gasteiger partial charge in [0.15, 0.2) is 0 Å². The third kappa shape index (κ3) is 5.54. The molecule has 0 aliphatic rings. The van der Waals surface area contributed by atoms with E-state index >= 15 is 0 Å². The summed E-state index contributed by atoms with van der Waals surface area (Å²) in [7, 11) is 0. The van der Waals surface area contributed by atoms with E-state index < -0.39 is 11.9 Å². The summed E-state index contributed by atoms with van der Waals surface area (Å²) >= 11 is 2.19. The number of carbonyl (C=O) groups excluding carboxylic acids is 1. The van der Waals surface area contributed by atoms with Crippen molar-refractivity contribution in [3.8, 4) is 11.5 Å². The van der Waals surface area contributed by atoms with Crippen LogP contribution in [0.1, 0.15) is 21.5 Å². The Hall–Kier alpha value is -3.46. The van der Waals surface area contributed by atoms with Gasteiger partial charge in [0.2, 0.25) is 0 Å². The first-order valence-electron chi connectivity index (χ1n) is 8.85. The van der Waals surface area contributed by atoms with Crippen LogP contribution in [0, 0.1) is 8.98 Å². The van der Waals surface area contributed by atoms with E-state index in [2.05, 4.69) is 27.9 Å². The quantitative estimate of drug-likeness (QED) is 0.237. The lowest BCUT2D eigenvalue weighted by atomic mass is 10.1. The van der Waals surface area contributed by atoms with Crippen LogP contribution in [-0.4, -0.2) is 23.2 Å². The number of halogens is 1. The molecule has 0 atom stereocenters. The van der Waals surface area contributed by atoms with Crippen LogP contribution in [0.4, 0.5) is 0 Å². The lowest BCUT2D eigenvalue weighted by molar-refractivity contribution is -0.132. The number of benzene rings is 3. The first-order valence-corrected chi connectivity index (χ1v) is 9.93. The summed E-state index contributed by atoms with van der Waals surface area (Å²) in [5.74, 6) is -0.449. The number of aliphatic carboxylic acids is 1. The fourth-order valence-electron chi connectivity index (χ4n) is 2.53. The molecule has 0 aliphatic carbocycles. The Morgan fingerprint density at radius 2 is 1.57 bits per heavy atom. The van der Waals surface area contributed by atoms with Crippen molar-refractivity contribution in [3.05, 3.63) is 98.8 Å². The normalized spacial score (nSPS) is 10.9. The highest BCUT2D eigenvalue weighted by atomic mass is 127. The number of nitrogens with one attached hydrogen (secondary N) is 2. The first-order chi connectivity index (χ1) is 14.5. The molecule has 3 aromatic rings. The third-order valence-electron chi connectivity index (χ3n) is 4.07. The van der Waals surface area contributed by atoms with Crippen molar-refractivity contribution < 1.29 is 19.4 Å². The average molecular weight is 512 g/mol. The van der Waals surface area contributed by atoms with Gasteiger partial charge >= 0.3 is 5.97 Å². The molecule has 0 heterocycles. The Morgan fingerprint density at radius 3 is 2.17 bits per heavy atom. The summed E-state index contributed by atoms with van der Waals surface area (Å²) in [6.07, 6.45) is 2.54. The Kier molecular flexibility index (Phi) is 6.97. The maximum atomic E-state index is 12.3. The molecule has 0 aliphatic heterocycles. The Morgan fingerprint density at radius 1 is 0.933 bits per heavy atom. The lowest BCUT2D eigenvalue weighted by Crippen LogP contribution is -2.27. The topological polar surface area (TPSA) is 99.5 Å². The molecule has 0 unspecified atom stereocenters. The molecule has 3 aromatic carbocycles. The molecule has 30 heavy (non-hydrogen) atoms. The Bertz CT molecular complexity index is 1110. The van der Waals surface area contributed by atoms with Gasteiger partial charge in [-0.2, -0.15) is 0 Å². The number of carboxylic acids is 1. The molecule has 3 N–H and O–H groups in total. The van der Waals surface area contributed by atoms with E-state index in [1.54, 1.807) is 36.4 Å². The van der Waals surface area contributed by atoms with E-state index in [0.29, 0.717) is 22.4 Å². The fraction of sp³-hybridized carbons (Fsp3) is 0. The van der Waals surface area contributed by atoms with Gasteiger partial charge in [0, 0.05) is 11.8 Å². The second-order valence-corrected chi connectivity index (χ2v) is 7.35. The molecule has 0 bridgehead atoms. The molecule has 3 rings (SSSR count). The van der Waals surface area contributed by atoms with Crippen molar-refractivity contribution >= 4 is 46.8 Å². The van der Waals surface area contributed by atoms with Crippen molar-refractivity contribution in [2.75, 3.05) is 0 Å². The minimum absolute atomic E-state index is 0.248. The number of para-hydroxylation sites is 1. The van der Waals surface area contributed by atoms with Gasteiger partial charge in [-0.3, -0.25) is 4.79 Å². The molecule has 7 heteroatoms. The summed E-state index contributed by atoms with van der Waals surface area (Å²) in [6, 6.07) is 20.8. The number of carbonyl (C=O) groups is 2. The Labute approximate surface area is 186 Å². The second kappa shape index (κ2) is 9.84. The van der Waals surface area contributed by atoms with Gasteiger partial charge in [0.1, 0.15) is 17.2 Å². The second-order valence-electron chi connectivity index (χ2n) is 6.19. The molecular weight excluding hydrogens is 495 g/mol. The zero-order chi connectivity index (χ0) is 21.5. The summed E-state index contributed by atoms with van der Waals surface area (Å²) in [4.78, 5) is 23.9. The van der Waals surface area contributed by atoms with E-state index in [9.17, 15) is 14.7 Å². The van der Waals surface area contributed by atoms with E-state index in [0.717, 1.165) is 15.5 Å². The van der Waals surface area contributed by atoms with Crippen LogP contribution in [0.5, 0.6) is 11.5 Å². The molecule has 1 amide bonds. The molecule has 0 saturated heterocycles. The monoisotopic (exact) mass is 512 g/mol. The summed E-state index contributed by atoms with van der Waals surface area (Å²) in [5.41, 5.74) is 1.30. The number of hydrogen-bond donors (Lipinski definition) is 3. The van der Waals surface area contributed by atoms with Crippen LogP contribution in [0.15, 0.2) is 78.5 Å². The average Bonchev–Trinajstić information content (AvgIpc) is 2.76. The number of hydrogen-bond acceptors (Lipinski definition) is 4. The molecule has 6 nitrogen and oxygen atoms in total. The first kappa shape index (κ1) is 21.3. The van der Waals surface area contributed by atoms with Gasteiger partial charge in [0.25, 0.3) is 5.91 Å². The fourth-order valence-corrected chi connectivity index (χ4v) is 3.03. The van der Waals surface area contributed by atoms with Crippen molar-refractivity contribution in [3.63, 3.8) is 0 Å². The van der Waals surface area contributed by atoms with E-state index in [-0.39, 0.29) is 5.70 Å². The third-order valence-corrected chi connectivity index (χ3v) is 4.96. The van der Waals surface area contributed by atoms with Crippen LogP contribution < -0.4 is 10.1 Å². The van der Waals surface area contributed by atoms with Gasteiger partial charge < -0.3 is 20.6 Å². The van der Waals surface area contributed by atoms with Crippen molar-refractivity contribution in [2.24, 2.45) is 0 Å². The highest BCUT2D eigenvalue weighted by molar-refractivity contribution is 14.1. The molecule has 0 saturated carbocycles. The van der Waals surface area contributed by atoms with Crippen LogP contribution in [0.25, 0.3) is 6.08 Å². The molecule has 0 aromatic heterocycles. The smallest absolute Gasteiger partial charge is 0.352 e. The van der Waals surface area contributed by atoms with Gasteiger partial charge in [0.05, 0.1) is 3.57 Å². The zero-order valence-electron chi connectivity index (χ0n) is 15.6. The van der Waals surface area contributed by atoms with Crippen molar-refractivity contribution in [1.82, 2.24) is 5.32 Å². The number of amides is 1. The van der Waals surface area contributed by atoms with E-state index in [1.165, 1.54) is 18.2 Å². The highest BCUT2D eigenvalue weighted by Gasteiger charge is 2.13. The number of ether oxygens (including phenoxy) is 1. The van der Waals surface area contributed by atoms with Crippen LogP contribution in [0.3, 0.4) is 0 Å². The molecule has 0 spiro atoms. The standard InChI is InChI=1S/C23H17IN2O4/c24-19-3-1-2-4-21(19)30-18-11-7-15(8-12-18)13-20(23(28)29)26-22(27)17-9-5-16(14-25)6-10-17/h1-14,25H,(H,26,27)(H,28,29)/b20-13-,25-14?. The predicted octanol–water partition coefficient (Wildman–Crippen LogP) is 4.94. The summed E-state index contributed by atoms with van der Waals surface area (Å²) in [6.45, 7) is 0. The minimum atomic E-state index is -1.25. The van der Waals surface area contributed by atoms with Gasteiger partial charge in [-0.15, -0.1) is 0 Å². The van der Waals surface area contributed by atoms with E-state index in [4.69, 9.17) is 10.1 Å². The molecule has 0 fully saturated rings. The lowest BCUT2D eigenvalue weighted by Gasteiger charge is -2.09. The molecular formula is C23H17IN2O4. The molecule has 0 radical (unpaired) electrons. The largest absolute Gasteiger partial charge is 0.477 e. The maximum Gasteiger partial charge on any atom is 0.352 e. The van der Waals surface area contributed by atoms with Crippen LogP contribution >= 0.6 is 22.6 Å². The van der Waals surface area contributed by atoms with Crippen molar-refractivity contribution in [2.45, 2.75) is 0 Å². The zero-order valence-corrected chi connectivity index (χ0v) is 17.8. The van der Waals surface area contributed by atoms with Crippen LogP contribution in [0.2, 0.25) is 0 Å². The number of carboxylic acid groups (broad SMARTS) is 1. The Balaban J connectivity index is 1.74. The molecule has 150 valence electrons. The maximum absolute atomic E-state index is 12.3. The number of rotatable bonds is 7. The van der Waals surface area contributed by atoms with Gasteiger partial charge in [-0.1, -0.05) is 36.4 Å². The van der Waals surface area contributed by atoms with Gasteiger partial charge in [-0.05, 0) is 76.2 Å². The van der Waals surface area contributed by atoms with Gasteiger partial charge in [-0.25, -0.2) is 4.79 Å². The van der Waals surface area contributed by atoms with E-state index in [1.807, 2.05) is 24.3 Å². The minimum Gasteiger partial charge on any atom is -0.477 e. The predicted molar refractivity (Wildman–Crippen MR) is 123 cm³/mol. The van der Waals surface area contributed by atoms with Crippen molar-refractivity contribution in [1.29, 1.82) is 5.41 Å². The highest BCUT2D eigenvalue weighted by Crippen LogP contribution is 2.26. The summed E-state index contributed by atoms with van der Waals surface area (Å²) in [5, 5.41) is 19.1.